The van der Waals surface area contributed by atoms with E-state index in [1.165, 1.54) is 0 Å². The van der Waals surface area contributed by atoms with Gasteiger partial charge in [-0.05, 0) is 124 Å². The molecular formula is C31H38Br2IN3O9. The number of phenolic OH excluding ortho intramolecular Hbond substituents is 1. The lowest BCUT2D eigenvalue weighted by Crippen LogP contribution is -2.60. The quantitative estimate of drug-likeness (QED) is 0.176. The molecule has 4 atom stereocenters. The number of nitrogens with one attached hydrogen (secondary N) is 3. The number of carbonyl (C=O) groups excluding carboxylic acids is 3. The minimum atomic E-state index is -1.37. The first-order valence-electron chi connectivity index (χ1n) is 14.6. The fourth-order valence-electron chi connectivity index (χ4n) is 4.51. The Bertz CT molecular complexity index is 1440. The van der Waals surface area contributed by atoms with Crippen LogP contribution in [0.4, 0.5) is 4.79 Å². The van der Waals surface area contributed by atoms with E-state index in [-0.39, 0.29) is 24.3 Å². The molecule has 2 aromatic rings. The molecule has 0 saturated carbocycles. The molecule has 1 unspecified atom stereocenters. The van der Waals surface area contributed by atoms with Gasteiger partial charge in [0.05, 0.1) is 18.6 Å². The predicted octanol–water partition coefficient (Wildman–Crippen LogP) is 5.57. The van der Waals surface area contributed by atoms with Crippen LogP contribution in [0.5, 0.6) is 17.2 Å². The third-order valence-electron chi connectivity index (χ3n) is 6.79. The molecule has 0 spiro atoms. The molecule has 4 bridgehead atoms. The summed E-state index contributed by atoms with van der Waals surface area (Å²) in [5, 5.41) is 28.7. The van der Waals surface area contributed by atoms with E-state index in [0.717, 1.165) is 6.42 Å². The highest BCUT2D eigenvalue weighted by atomic mass is 127. The molecule has 3 amide bonds. The number of benzene rings is 2. The Hall–Kier alpha value is -2.63. The Labute approximate surface area is 298 Å². The molecule has 252 valence electrons. The van der Waals surface area contributed by atoms with Crippen LogP contribution in [-0.2, 0) is 36.7 Å². The molecule has 0 radical (unpaired) electrons. The number of carbonyl (C=O) groups is 4. The Kier molecular flexibility index (Phi) is 13.5. The summed E-state index contributed by atoms with van der Waals surface area (Å²) >= 11 is 8.87. The number of aliphatic carboxylic acids is 1. The standard InChI is InChI=1S/C31H38Br2IN3O9/c1-6-7-8-44-15(2)24-28(40)35-22(29(41)42)13-16-9-18(32)26(19(33)10-16)45-23-14-17(11-20(34)25(23)38)12-21(27(39)37-24)36-30(43)46-31(3,4)5/h9-11,14-15,21-22,24,38H,6-8,12-13H2,1-5H3,(H,35,40)(H,36,43)(H,37,39)(H,41,42)/t15?,21-,22-,24-/m0/s1. The van der Waals surface area contributed by atoms with Gasteiger partial charge in [-0.15, -0.1) is 0 Å². The number of halogens is 3. The zero-order chi connectivity index (χ0) is 34.3. The average Bonchev–Trinajstić information content (AvgIpc) is 2.93. The van der Waals surface area contributed by atoms with Gasteiger partial charge in [0, 0.05) is 19.4 Å². The summed E-state index contributed by atoms with van der Waals surface area (Å²) in [6.45, 7) is 8.92. The molecular weight excluding hydrogens is 845 g/mol. The topological polar surface area (TPSA) is 173 Å². The van der Waals surface area contributed by atoms with E-state index in [0.29, 0.717) is 42.4 Å². The number of fused-ring (bicyclic) bond motifs is 10. The smallest absolute Gasteiger partial charge is 0.408 e. The van der Waals surface area contributed by atoms with Crippen molar-refractivity contribution in [1.29, 1.82) is 0 Å². The number of rotatable bonds is 7. The van der Waals surface area contributed by atoms with Crippen LogP contribution in [0.25, 0.3) is 0 Å². The molecule has 5 N–H and O–H groups in total. The summed E-state index contributed by atoms with van der Waals surface area (Å²) in [5.74, 6) is -2.58. The molecule has 2 aromatic carbocycles. The second-order valence-corrected chi connectivity index (χ2v) is 14.7. The Morgan fingerprint density at radius 1 is 1.09 bits per heavy atom. The third-order valence-corrected chi connectivity index (χ3v) is 8.79. The van der Waals surface area contributed by atoms with Gasteiger partial charge in [0.1, 0.15) is 23.7 Å². The lowest BCUT2D eigenvalue weighted by molar-refractivity contribution is -0.143. The second-order valence-electron chi connectivity index (χ2n) is 11.8. The van der Waals surface area contributed by atoms with Gasteiger partial charge in [-0.2, -0.15) is 0 Å². The van der Waals surface area contributed by atoms with Crippen molar-refractivity contribution < 1.29 is 43.6 Å². The van der Waals surface area contributed by atoms with E-state index in [4.69, 9.17) is 14.2 Å². The normalized spacial score (nSPS) is 19.7. The lowest BCUT2D eigenvalue weighted by atomic mass is 10.0. The highest BCUT2D eigenvalue weighted by Crippen LogP contribution is 2.42. The predicted molar refractivity (Wildman–Crippen MR) is 185 cm³/mol. The zero-order valence-corrected chi connectivity index (χ0v) is 31.4. The lowest BCUT2D eigenvalue weighted by Gasteiger charge is -2.29. The Morgan fingerprint density at radius 2 is 1.72 bits per heavy atom. The minimum absolute atomic E-state index is 0.0767. The molecule has 0 aromatic heterocycles. The van der Waals surface area contributed by atoms with Gasteiger partial charge in [-0.1, -0.05) is 13.3 Å². The number of carboxylic acid groups (broad SMARTS) is 1. The summed E-state index contributed by atoms with van der Waals surface area (Å²) in [5.41, 5.74) is 0.198. The van der Waals surface area contributed by atoms with E-state index in [1.807, 2.05) is 29.5 Å². The van der Waals surface area contributed by atoms with E-state index >= 15 is 0 Å². The maximum atomic E-state index is 13.9. The molecule has 0 fully saturated rings. The van der Waals surface area contributed by atoms with Crippen molar-refractivity contribution in [3.63, 3.8) is 0 Å². The van der Waals surface area contributed by atoms with Gasteiger partial charge in [0.2, 0.25) is 11.8 Å². The summed E-state index contributed by atoms with van der Waals surface area (Å²) in [6.07, 6.45) is -0.375. The van der Waals surface area contributed by atoms with Crippen LogP contribution in [0.1, 0.15) is 58.6 Å². The van der Waals surface area contributed by atoms with Crippen LogP contribution in [0.2, 0.25) is 0 Å². The van der Waals surface area contributed by atoms with Crippen LogP contribution < -0.4 is 20.7 Å². The highest BCUT2D eigenvalue weighted by molar-refractivity contribution is 14.1. The van der Waals surface area contributed by atoms with E-state index in [9.17, 15) is 29.4 Å². The molecule has 2 heterocycles. The number of carboxylic acids is 1. The molecule has 2 aliphatic heterocycles. The van der Waals surface area contributed by atoms with Crippen molar-refractivity contribution in [3.05, 3.63) is 47.9 Å². The second kappa shape index (κ2) is 16.5. The summed E-state index contributed by atoms with van der Waals surface area (Å²) in [4.78, 5) is 52.7. The van der Waals surface area contributed by atoms with Crippen molar-refractivity contribution >= 4 is 78.3 Å². The summed E-state index contributed by atoms with van der Waals surface area (Å²) < 4.78 is 18.7. The van der Waals surface area contributed by atoms with Crippen LogP contribution >= 0.6 is 54.5 Å². The molecule has 0 aliphatic carbocycles. The molecule has 4 rings (SSSR count). The summed E-state index contributed by atoms with van der Waals surface area (Å²) in [6, 6.07) is 2.55. The van der Waals surface area contributed by atoms with Crippen molar-refractivity contribution in [2.24, 2.45) is 0 Å². The summed E-state index contributed by atoms with van der Waals surface area (Å²) in [7, 11) is 0. The van der Waals surface area contributed by atoms with Gasteiger partial charge < -0.3 is 40.4 Å². The number of unbranched alkanes of at least 4 members (excludes halogenated alkanes) is 1. The van der Waals surface area contributed by atoms with Gasteiger partial charge in [0.25, 0.3) is 0 Å². The Morgan fingerprint density at radius 3 is 2.30 bits per heavy atom. The first-order valence-corrected chi connectivity index (χ1v) is 17.3. The molecule has 2 aliphatic rings. The molecule has 15 heteroatoms. The number of hydrogen-bond donors (Lipinski definition) is 5. The first-order chi connectivity index (χ1) is 21.5. The number of phenols is 1. The number of aromatic hydroxyl groups is 1. The maximum Gasteiger partial charge on any atom is 0.408 e. The van der Waals surface area contributed by atoms with Crippen molar-refractivity contribution in [2.75, 3.05) is 6.61 Å². The third kappa shape index (κ3) is 10.7. The van der Waals surface area contributed by atoms with Crippen molar-refractivity contribution in [1.82, 2.24) is 16.0 Å². The highest BCUT2D eigenvalue weighted by Gasteiger charge is 2.35. The molecule has 0 saturated heterocycles. The average molecular weight is 883 g/mol. The van der Waals surface area contributed by atoms with Crippen LogP contribution in [0, 0.1) is 3.57 Å². The monoisotopic (exact) mass is 881 g/mol. The van der Waals surface area contributed by atoms with Gasteiger partial charge in [-0.25, -0.2) is 9.59 Å². The first kappa shape index (κ1) is 37.8. The van der Waals surface area contributed by atoms with Crippen molar-refractivity contribution in [2.45, 2.75) is 90.1 Å². The van der Waals surface area contributed by atoms with E-state index in [2.05, 4.69) is 47.8 Å². The molecule has 12 nitrogen and oxygen atoms in total. The largest absolute Gasteiger partial charge is 0.504 e. The molecule has 46 heavy (non-hydrogen) atoms. The zero-order valence-electron chi connectivity index (χ0n) is 26.0. The van der Waals surface area contributed by atoms with E-state index in [1.54, 1.807) is 52.0 Å². The van der Waals surface area contributed by atoms with Crippen molar-refractivity contribution in [3.8, 4) is 17.2 Å². The van der Waals surface area contributed by atoms with Gasteiger partial charge >= 0.3 is 12.1 Å². The maximum absolute atomic E-state index is 13.9. The minimum Gasteiger partial charge on any atom is -0.504 e. The number of ether oxygens (including phenoxy) is 3. The van der Waals surface area contributed by atoms with Crippen LogP contribution in [0.15, 0.2) is 33.2 Å². The number of alkyl carbamates (subject to hydrolysis) is 1. The van der Waals surface area contributed by atoms with Crippen LogP contribution in [0.3, 0.4) is 0 Å². The van der Waals surface area contributed by atoms with E-state index < -0.39 is 53.7 Å². The van der Waals surface area contributed by atoms with Gasteiger partial charge in [-0.3, -0.25) is 9.59 Å². The number of hydrogen-bond acceptors (Lipinski definition) is 8. The fraction of sp³-hybridized carbons (Fsp3) is 0.484. The Balaban J connectivity index is 2.16. The SMILES string of the molecule is CCCCOC(C)[C@@H]1NC(=O)[C@@H](NC(=O)OC(C)(C)C)Cc2cc(I)c(O)c(c2)Oc2c(Br)cc(cc2Br)C[C@@H](C(=O)O)NC1=O. The van der Waals surface area contributed by atoms with Crippen LogP contribution in [-0.4, -0.2) is 70.5 Å². The van der Waals surface area contributed by atoms with Gasteiger partial charge in [0.15, 0.2) is 17.2 Å². The fourth-order valence-corrected chi connectivity index (χ4v) is 6.62. The number of amides is 3.